The summed E-state index contributed by atoms with van der Waals surface area (Å²) in [4.78, 5) is 21.2. The highest BCUT2D eigenvalue weighted by molar-refractivity contribution is 5.98. The van der Waals surface area contributed by atoms with Gasteiger partial charge in [-0.3, -0.25) is 9.89 Å². The largest absolute Gasteiger partial charge is 0.462 e. The number of rotatable bonds is 8. The van der Waals surface area contributed by atoms with Crippen molar-refractivity contribution in [3.63, 3.8) is 0 Å². The summed E-state index contributed by atoms with van der Waals surface area (Å²) < 4.78 is 11.2. The minimum atomic E-state index is 0.395. The molecule has 0 saturated carbocycles. The van der Waals surface area contributed by atoms with Crippen LogP contribution >= 0.6 is 0 Å². The second-order valence-corrected chi connectivity index (χ2v) is 7.46. The lowest BCUT2D eigenvalue weighted by molar-refractivity contribution is 0.0317. The first-order chi connectivity index (χ1) is 14.7. The number of anilines is 1. The van der Waals surface area contributed by atoms with E-state index in [1.54, 1.807) is 0 Å². The summed E-state index contributed by atoms with van der Waals surface area (Å²) >= 11 is 0. The number of morpholine rings is 1. The number of benzene rings is 1. The van der Waals surface area contributed by atoms with Gasteiger partial charge < -0.3 is 19.4 Å². The van der Waals surface area contributed by atoms with Gasteiger partial charge in [-0.15, -0.1) is 0 Å². The molecule has 0 atom stereocenters. The second-order valence-electron chi connectivity index (χ2n) is 7.46. The molecule has 1 N–H and O–H groups in total. The molecule has 1 saturated heterocycles. The lowest BCUT2D eigenvalue weighted by atomic mass is 10.2. The number of nitrogens with zero attached hydrogens (tertiary/aromatic N) is 5. The Balaban J connectivity index is 1.41. The average Bonchev–Trinajstić information content (AvgIpc) is 3.18. The highest BCUT2D eigenvalue weighted by atomic mass is 16.5. The molecule has 3 heterocycles. The number of H-pyrrole nitrogens is 1. The van der Waals surface area contributed by atoms with Crippen LogP contribution in [0.5, 0.6) is 6.01 Å². The second kappa shape index (κ2) is 9.69. The van der Waals surface area contributed by atoms with Crippen molar-refractivity contribution in [3.8, 4) is 6.01 Å². The van der Waals surface area contributed by atoms with E-state index in [-0.39, 0.29) is 0 Å². The zero-order chi connectivity index (χ0) is 20.8. The first-order valence-electron chi connectivity index (χ1n) is 10.2. The lowest BCUT2D eigenvalue weighted by Gasteiger charge is -2.26. The number of nitrogens with one attached hydrogen (secondary N) is 1. The Morgan fingerprint density at radius 3 is 2.90 bits per heavy atom. The maximum atomic E-state index is 5.86. The molecule has 8 heteroatoms. The predicted octanol–water partition coefficient (Wildman–Crippen LogP) is 2.35. The number of aromatic nitrogens is 3. The molecule has 0 unspecified atom stereocenters. The molecule has 0 bridgehead atoms. The zero-order valence-corrected chi connectivity index (χ0v) is 17.5. The summed E-state index contributed by atoms with van der Waals surface area (Å²) in [6.45, 7) is 5.30. The van der Waals surface area contributed by atoms with Gasteiger partial charge in [0.15, 0.2) is 0 Å². The predicted molar refractivity (Wildman–Crippen MR) is 119 cm³/mol. The topological polar surface area (TPSA) is 78.9 Å². The third-order valence-corrected chi connectivity index (χ3v) is 5.05. The third kappa shape index (κ3) is 5.14. The quantitative estimate of drug-likeness (QED) is 0.577. The first-order valence-corrected chi connectivity index (χ1v) is 10.2. The van der Waals surface area contributed by atoms with Gasteiger partial charge in [0.05, 0.1) is 25.5 Å². The highest BCUT2D eigenvalue weighted by Crippen LogP contribution is 2.17. The molecular weight excluding hydrogens is 380 g/mol. The van der Waals surface area contributed by atoms with Crippen LogP contribution in [-0.4, -0.2) is 79.6 Å². The standard InChI is InChI=1S/C22H28N6O2/c1-27(2)21-13-18(16-23-14-17-15-24-20-6-4-3-5-19(17)20)25-22(26-21)30-12-9-28-7-10-29-11-8-28/h3-6,13-15,24H,7-12,16H2,1-2H3. The van der Waals surface area contributed by atoms with E-state index in [1.807, 2.05) is 49.6 Å². The molecule has 4 rings (SSSR count). The molecule has 1 fully saturated rings. The monoisotopic (exact) mass is 408 g/mol. The molecule has 8 nitrogen and oxygen atoms in total. The maximum absolute atomic E-state index is 5.86. The lowest BCUT2D eigenvalue weighted by Crippen LogP contribution is -2.38. The summed E-state index contributed by atoms with van der Waals surface area (Å²) in [6, 6.07) is 10.5. The summed E-state index contributed by atoms with van der Waals surface area (Å²) in [6.07, 6.45) is 3.86. The summed E-state index contributed by atoms with van der Waals surface area (Å²) in [5.41, 5.74) is 2.99. The van der Waals surface area contributed by atoms with E-state index in [2.05, 4.69) is 37.0 Å². The molecule has 158 valence electrons. The van der Waals surface area contributed by atoms with Crippen molar-refractivity contribution < 1.29 is 9.47 Å². The Bertz CT molecular complexity index is 994. The van der Waals surface area contributed by atoms with E-state index in [0.29, 0.717) is 19.2 Å². The number of aliphatic imine (C=N–C) groups is 1. The molecule has 0 radical (unpaired) electrons. The fourth-order valence-electron chi connectivity index (χ4n) is 3.36. The number of hydrogen-bond donors (Lipinski definition) is 1. The average molecular weight is 409 g/mol. The van der Waals surface area contributed by atoms with Gasteiger partial charge in [0.25, 0.3) is 0 Å². The summed E-state index contributed by atoms with van der Waals surface area (Å²) in [7, 11) is 3.91. The first kappa shape index (κ1) is 20.3. The van der Waals surface area contributed by atoms with Crippen molar-refractivity contribution in [1.29, 1.82) is 0 Å². The summed E-state index contributed by atoms with van der Waals surface area (Å²) in [5.74, 6) is 0.809. The van der Waals surface area contributed by atoms with Crippen LogP contribution < -0.4 is 9.64 Å². The smallest absolute Gasteiger partial charge is 0.318 e. The Hall–Kier alpha value is -2.97. The van der Waals surface area contributed by atoms with Gasteiger partial charge in [0, 0.05) is 68.7 Å². The highest BCUT2D eigenvalue weighted by Gasteiger charge is 2.11. The van der Waals surface area contributed by atoms with Gasteiger partial charge >= 0.3 is 6.01 Å². The van der Waals surface area contributed by atoms with Crippen LogP contribution in [0.3, 0.4) is 0 Å². The number of ether oxygens (including phenoxy) is 2. The molecule has 3 aromatic rings. The Kier molecular flexibility index (Phi) is 6.56. The fraction of sp³-hybridized carbons (Fsp3) is 0.409. The van der Waals surface area contributed by atoms with E-state index < -0.39 is 0 Å². The Morgan fingerprint density at radius 2 is 2.07 bits per heavy atom. The zero-order valence-electron chi connectivity index (χ0n) is 17.5. The number of aromatic amines is 1. The Morgan fingerprint density at radius 1 is 1.23 bits per heavy atom. The number of hydrogen-bond acceptors (Lipinski definition) is 7. The molecule has 2 aromatic heterocycles. The fourth-order valence-corrected chi connectivity index (χ4v) is 3.36. The third-order valence-electron chi connectivity index (χ3n) is 5.05. The van der Waals surface area contributed by atoms with Crippen LogP contribution in [0.15, 0.2) is 41.5 Å². The van der Waals surface area contributed by atoms with E-state index >= 15 is 0 Å². The van der Waals surface area contributed by atoms with Crippen molar-refractivity contribution in [1.82, 2.24) is 19.9 Å². The molecule has 0 aliphatic carbocycles. The van der Waals surface area contributed by atoms with Gasteiger partial charge in [-0.1, -0.05) is 18.2 Å². The summed E-state index contributed by atoms with van der Waals surface area (Å²) in [5, 5.41) is 1.16. The number of para-hydroxylation sites is 1. The maximum Gasteiger partial charge on any atom is 0.318 e. The van der Waals surface area contributed by atoms with Crippen molar-refractivity contribution in [2.75, 3.05) is 58.5 Å². The van der Waals surface area contributed by atoms with Crippen molar-refractivity contribution in [3.05, 3.63) is 47.8 Å². The van der Waals surface area contributed by atoms with Gasteiger partial charge in [0.1, 0.15) is 12.4 Å². The SMILES string of the molecule is CN(C)c1cc(CN=Cc2c[nH]c3ccccc23)nc(OCCN2CCOCC2)n1. The van der Waals surface area contributed by atoms with Crippen LogP contribution in [0, 0.1) is 0 Å². The minimum Gasteiger partial charge on any atom is -0.462 e. The van der Waals surface area contributed by atoms with Gasteiger partial charge in [-0.2, -0.15) is 9.97 Å². The van der Waals surface area contributed by atoms with Crippen LogP contribution in [0.1, 0.15) is 11.3 Å². The van der Waals surface area contributed by atoms with E-state index in [1.165, 1.54) is 0 Å². The van der Waals surface area contributed by atoms with Gasteiger partial charge in [-0.05, 0) is 6.07 Å². The van der Waals surface area contributed by atoms with Crippen LogP contribution in [-0.2, 0) is 11.3 Å². The van der Waals surface area contributed by atoms with Crippen LogP contribution in [0.25, 0.3) is 10.9 Å². The normalized spacial score (nSPS) is 15.1. The molecule has 0 spiro atoms. The van der Waals surface area contributed by atoms with Crippen molar-refractivity contribution in [2.45, 2.75) is 6.54 Å². The molecule has 0 amide bonds. The molecule has 30 heavy (non-hydrogen) atoms. The Labute approximate surface area is 176 Å². The van der Waals surface area contributed by atoms with E-state index in [9.17, 15) is 0 Å². The van der Waals surface area contributed by atoms with E-state index in [4.69, 9.17) is 9.47 Å². The van der Waals surface area contributed by atoms with Crippen molar-refractivity contribution >= 4 is 22.9 Å². The van der Waals surface area contributed by atoms with Gasteiger partial charge in [0.2, 0.25) is 0 Å². The molecule has 1 aliphatic rings. The van der Waals surface area contributed by atoms with Crippen molar-refractivity contribution in [2.24, 2.45) is 4.99 Å². The van der Waals surface area contributed by atoms with E-state index in [0.717, 1.165) is 60.8 Å². The van der Waals surface area contributed by atoms with Crippen LogP contribution in [0.4, 0.5) is 5.82 Å². The van der Waals surface area contributed by atoms with Crippen LogP contribution in [0.2, 0.25) is 0 Å². The molecule has 1 aromatic carbocycles. The molecular formula is C22H28N6O2. The minimum absolute atomic E-state index is 0.395. The molecule has 1 aliphatic heterocycles. The number of fused-ring (bicyclic) bond motifs is 1. The van der Waals surface area contributed by atoms with Gasteiger partial charge in [-0.25, -0.2) is 0 Å².